The molecule has 0 unspecified atom stereocenters. The van der Waals surface area contributed by atoms with Crippen molar-refractivity contribution in [2.75, 3.05) is 7.11 Å². The van der Waals surface area contributed by atoms with Gasteiger partial charge in [-0.15, -0.1) is 0 Å². The van der Waals surface area contributed by atoms with Crippen LogP contribution in [0.5, 0.6) is 0 Å². The Hall–Kier alpha value is -0.780. The first-order valence-electron chi connectivity index (χ1n) is 5.68. The monoisotopic (exact) mass is 247 g/mol. The molecule has 1 heterocycles. The SMILES string of the molecule is COC1=NS(=O)(=O)[C@H]2CCCCCC[C@H]2O1. The molecule has 16 heavy (non-hydrogen) atoms. The summed E-state index contributed by atoms with van der Waals surface area (Å²) in [5, 5.41) is -0.480. The summed E-state index contributed by atoms with van der Waals surface area (Å²) in [6.07, 6.45) is 5.21. The van der Waals surface area contributed by atoms with E-state index in [1.54, 1.807) is 0 Å². The van der Waals surface area contributed by atoms with E-state index in [1.807, 2.05) is 0 Å². The van der Waals surface area contributed by atoms with Crippen LogP contribution in [0.4, 0.5) is 0 Å². The molecule has 0 bridgehead atoms. The van der Waals surface area contributed by atoms with E-state index in [-0.39, 0.29) is 12.2 Å². The molecule has 92 valence electrons. The molecule has 1 aliphatic heterocycles. The summed E-state index contributed by atoms with van der Waals surface area (Å²) < 4.78 is 37.6. The van der Waals surface area contributed by atoms with E-state index in [0.29, 0.717) is 6.42 Å². The molecular weight excluding hydrogens is 230 g/mol. The van der Waals surface area contributed by atoms with Crippen molar-refractivity contribution in [3.63, 3.8) is 0 Å². The Labute approximate surface area is 95.9 Å². The maximum Gasteiger partial charge on any atom is 0.399 e. The zero-order valence-corrected chi connectivity index (χ0v) is 10.2. The van der Waals surface area contributed by atoms with Crippen molar-refractivity contribution in [2.24, 2.45) is 4.40 Å². The van der Waals surface area contributed by atoms with Gasteiger partial charge >= 0.3 is 6.08 Å². The number of nitrogens with zero attached hydrogens (tertiary/aromatic N) is 1. The molecule has 1 aliphatic carbocycles. The van der Waals surface area contributed by atoms with Crippen LogP contribution in [0.15, 0.2) is 4.40 Å². The predicted octanol–water partition coefficient (Wildman–Crippen LogP) is 1.44. The molecule has 0 spiro atoms. The number of ether oxygens (including phenoxy) is 2. The smallest absolute Gasteiger partial charge is 0.399 e. The van der Waals surface area contributed by atoms with Crippen molar-refractivity contribution in [2.45, 2.75) is 49.9 Å². The Morgan fingerprint density at radius 3 is 2.62 bits per heavy atom. The van der Waals surface area contributed by atoms with Crippen LogP contribution in [-0.4, -0.2) is 33.0 Å². The minimum atomic E-state index is -3.45. The third kappa shape index (κ3) is 2.31. The normalized spacial score (nSPS) is 33.7. The zero-order chi connectivity index (χ0) is 11.6. The molecule has 0 N–H and O–H groups in total. The Bertz CT molecular complexity index is 376. The maximum atomic E-state index is 11.9. The Balaban J connectivity index is 2.25. The second-order valence-corrected chi connectivity index (χ2v) is 6.08. The number of sulfonamides is 1. The number of rotatable bonds is 0. The lowest BCUT2D eigenvalue weighted by Gasteiger charge is -2.30. The third-order valence-corrected chi connectivity index (χ3v) is 4.86. The fourth-order valence-electron chi connectivity index (χ4n) is 2.30. The lowest BCUT2D eigenvalue weighted by molar-refractivity contribution is 0.101. The van der Waals surface area contributed by atoms with Crippen LogP contribution >= 0.6 is 0 Å². The quantitative estimate of drug-likeness (QED) is 0.649. The van der Waals surface area contributed by atoms with Crippen LogP contribution in [0, 0.1) is 0 Å². The van der Waals surface area contributed by atoms with Gasteiger partial charge in [0, 0.05) is 0 Å². The van der Waals surface area contributed by atoms with Gasteiger partial charge in [-0.3, -0.25) is 0 Å². The molecule has 2 atom stereocenters. The van der Waals surface area contributed by atoms with Gasteiger partial charge in [0.2, 0.25) is 0 Å². The molecule has 1 saturated carbocycles. The van der Waals surface area contributed by atoms with Crippen molar-refractivity contribution in [3.8, 4) is 0 Å². The molecule has 6 heteroatoms. The second kappa shape index (κ2) is 4.61. The molecule has 2 aliphatic rings. The molecule has 0 saturated heterocycles. The minimum Gasteiger partial charge on any atom is -0.453 e. The van der Waals surface area contributed by atoms with E-state index >= 15 is 0 Å². The van der Waals surface area contributed by atoms with Crippen LogP contribution < -0.4 is 0 Å². The van der Waals surface area contributed by atoms with E-state index in [0.717, 1.165) is 32.1 Å². The zero-order valence-electron chi connectivity index (χ0n) is 9.39. The van der Waals surface area contributed by atoms with Gasteiger partial charge in [0.25, 0.3) is 10.0 Å². The van der Waals surface area contributed by atoms with Crippen molar-refractivity contribution in [1.29, 1.82) is 0 Å². The summed E-state index contributed by atoms with van der Waals surface area (Å²) in [4.78, 5) is 0. The fraction of sp³-hybridized carbons (Fsp3) is 0.900. The summed E-state index contributed by atoms with van der Waals surface area (Å²) in [6.45, 7) is 0. The Morgan fingerprint density at radius 1 is 1.25 bits per heavy atom. The third-order valence-electron chi connectivity index (χ3n) is 3.15. The molecule has 0 radical (unpaired) electrons. The highest BCUT2D eigenvalue weighted by molar-refractivity contribution is 7.91. The minimum absolute atomic E-state index is 0.109. The van der Waals surface area contributed by atoms with Gasteiger partial charge in [0.05, 0.1) is 7.11 Å². The Kier molecular flexibility index (Phi) is 3.37. The molecular formula is C10H17NO4S. The van der Waals surface area contributed by atoms with Crippen molar-refractivity contribution < 1.29 is 17.9 Å². The van der Waals surface area contributed by atoms with Gasteiger partial charge in [-0.1, -0.05) is 23.7 Å². The number of methoxy groups -OCH3 is 1. The standard InChI is InChI=1S/C10H17NO4S/c1-14-10-11-16(12,13)9-7-5-3-2-4-6-8(9)15-10/h8-9H,2-7H2,1H3/t8-,9+/m1/s1. The van der Waals surface area contributed by atoms with Gasteiger partial charge in [-0.2, -0.15) is 0 Å². The number of hydrogen-bond acceptors (Lipinski definition) is 4. The summed E-state index contributed by atoms with van der Waals surface area (Å²) in [5.41, 5.74) is 0. The predicted molar refractivity (Wildman–Crippen MR) is 59.7 cm³/mol. The van der Waals surface area contributed by atoms with E-state index in [1.165, 1.54) is 7.11 Å². The molecule has 0 amide bonds. The summed E-state index contributed by atoms with van der Waals surface area (Å²) in [6, 6.07) is 0. The van der Waals surface area contributed by atoms with Crippen LogP contribution in [-0.2, 0) is 19.5 Å². The highest BCUT2D eigenvalue weighted by Crippen LogP contribution is 2.29. The van der Waals surface area contributed by atoms with Crippen LogP contribution in [0.3, 0.4) is 0 Å². The van der Waals surface area contributed by atoms with E-state index in [4.69, 9.17) is 9.47 Å². The lowest BCUT2D eigenvalue weighted by atomic mass is 9.98. The molecule has 0 aromatic rings. The Morgan fingerprint density at radius 2 is 1.94 bits per heavy atom. The summed E-state index contributed by atoms with van der Waals surface area (Å²) in [7, 11) is -2.07. The highest BCUT2D eigenvalue weighted by Gasteiger charge is 2.40. The van der Waals surface area contributed by atoms with E-state index in [2.05, 4.69) is 4.40 Å². The highest BCUT2D eigenvalue weighted by atomic mass is 32.2. The topological polar surface area (TPSA) is 65.0 Å². The van der Waals surface area contributed by atoms with Crippen LogP contribution in [0.2, 0.25) is 0 Å². The van der Waals surface area contributed by atoms with Gasteiger partial charge in [0.15, 0.2) is 0 Å². The number of fused-ring (bicyclic) bond motifs is 1. The van der Waals surface area contributed by atoms with Crippen molar-refractivity contribution in [1.82, 2.24) is 0 Å². The van der Waals surface area contributed by atoms with Gasteiger partial charge in [-0.05, 0) is 19.3 Å². The molecule has 1 fully saturated rings. The van der Waals surface area contributed by atoms with Crippen LogP contribution in [0.1, 0.15) is 38.5 Å². The van der Waals surface area contributed by atoms with Crippen molar-refractivity contribution >= 4 is 16.1 Å². The first-order chi connectivity index (χ1) is 7.63. The van der Waals surface area contributed by atoms with E-state index < -0.39 is 15.3 Å². The molecule has 2 rings (SSSR count). The van der Waals surface area contributed by atoms with Gasteiger partial charge in [-0.25, -0.2) is 8.42 Å². The maximum absolute atomic E-state index is 11.9. The summed E-state index contributed by atoms with van der Waals surface area (Å²) in [5.74, 6) is 0. The van der Waals surface area contributed by atoms with Gasteiger partial charge in [0.1, 0.15) is 11.4 Å². The summed E-state index contributed by atoms with van der Waals surface area (Å²) >= 11 is 0. The molecule has 0 aromatic heterocycles. The molecule has 0 aromatic carbocycles. The first-order valence-corrected chi connectivity index (χ1v) is 7.18. The van der Waals surface area contributed by atoms with Crippen LogP contribution in [0.25, 0.3) is 0 Å². The van der Waals surface area contributed by atoms with Crippen molar-refractivity contribution in [3.05, 3.63) is 0 Å². The first kappa shape index (κ1) is 11.7. The van der Waals surface area contributed by atoms with Gasteiger partial charge < -0.3 is 9.47 Å². The number of hydrogen-bond donors (Lipinski definition) is 0. The lowest BCUT2D eigenvalue weighted by Crippen LogP contribution is -2.42. The average Bonchev–Trinajstić information content (AvgIpc) is 2.18. The largest absolute Gasteiger partial charge is 0.453 e. The average molecular weight is 247 g/mol. The van der Waals surface area contributed by atoms with E-state index in [9.17, 15) is 8.42 Å². The second-order valence-electron chi connectivity index (χ2n) is 4.26. The fourth-order valence-corrected chi connectivity index (χ4v) is 3.80. The molecule has 5 nitrogen and oxygen atoms in total.